The molecular weight excluding hydrogens is 484 g/mol. The normalized spacial score (nSPS) is 26.7. The van der Waals surface area contributed by atoms with E-state index in [4.69, 9.17) is 5.73 Å². The molecule has 11 heteroatoms. The van der Waals surface area contributed by atoms with Crippen LogP contribution in [0, 0.1) is 11.8 Å². The van der Waals surface area contributed by atoms with Crippen molar-refractivity contribution in [2.75, 3.05) is 5.32 Å². The number of thiazole rings is 1. The Balaban J connectivity index is 1.39. The van der Waals surface area contributed by atoms with E-state index in [1.807, 2.05) is 34.5 Å². The van der Waals surface area contributed by atoms with Crippen LogP contribution in [0.15, 0.2) is 34.2 Å². The maximum Gasteiger partial charge on any atom is 0.245 e. The summed E-state index contributed by atoms with van der Waals surface area (Å²) >= 11 is 4.70. The summed E-state index contributed by atoms with van der Waals surface area (Å²) in [5.74, 6) is 0.691. The summed E-state index contributed by atoms with van der Waals surface area (Å²) in [5.41, 5.74) is 6.74. The van der Waals surface area contributed by atoms with Gasteiger partial charge >= 0.3 is 0 Å². The Morgan fingerprint density at radius 3 is 2.90 bits per heavy atom. The van der Waals surface area contributed by atoms with Gasteiger partial charge in [0, 0.05) is 16.8 Å². The number of likely N-dealkylation sites (tertiary alicyclic amines) is 1. The number of piperidine rings is 1. The van der Waals surface area contributed by atoms with Crippen molar-refractivity contribution in [1.29, 1.82) is 0 Å². The monoisotopic (exact) mass is 506 g/mol. The Hall–Kier alpha value is -2.05. The zero-order chi connectivity index (χ0) is 21.9. The summed E-state index contributed by atoms with van der Waals surface area (Å²) in [6.07, 6.45) is -1.40. The van der Waals surface area contributed by atoms with E-state index in [0.29, 0.717) is 27.3 Å². The van der Waals surface area contributed by atoms with Gasteiger partial charge in [-0.2, -0.15) is 5.10 Å². The molecule has 164 valence electrons. The number of carbonyl (C=O) groups excluding carboxylic acids is 1. The number of aromatic nitrogens is 3. The van der Waals surface area contributed by atoms with E-state index in [0.717, 1.165) is 17.3 Å². The van der Waals surface area contributed by atoms with Gasteiger partial charge in [0.1, 0.15) is 29.3 Å². The third kappa shape index (κ3) is 3.64. The number of aliphatic hydroxyl groups excluding tert-OH is 2. The lowest BCUT2D eigenvalue weighted by Crippen LogP contribution is -2.49. The van der Waals surface area contributed by atoms with Gasteiger partial charge in [0.25, 0.3) is 0 Å². The maximum atomic E-state index is 13.4. The van der Waals surface area contributed by atoms with E-state index in [-0.39, 0.29) is 24.5 Å². The highest BCUT2D eigenvalue weighted by molar-refractivity contribution is 9.10. The lowest BCUT2D eigenvalue weighted by molar-refractivity contribution is -0.136. The van der Waals surface area contributed by atoms with Gasteiger partial charge < -0.3 is 26.2 Å². The lowest BCUT2D eigenvalue weighted by Gasteiger charge is -2.32. The number of rotatable bonds is 6. The second kappa shape index (κ2) is 7.82. The highest BCUT2D eigenvalue weighted by atomic mass is 79.9. The minimum absolute atomic E-state index is 0.00912. The van der Waals surface area contributed by atoms with E-state index in [2.05, 4.69) is 38.3 Å². The van der Waals surface area contributed by atoms with Gasteiger partial charge in [0.05, 0.1) is 11.6 Å². The molecule has 6 atom stereocenters. The van der Waals surface area contributed by atoms with Crippen molar-refractivity contribution in [3.8, 4) is 0 Å². The quantitative estimate of drug-likeness (QED) is 0.375. The average molecular weight is 507 g/mol. The van der Waals surface area contributed by atoms with Crippen LogP contribution in [-0.2, 0) is 11.3 Å². The zero-order valence-corrected chi connectivity index (χ0v) is 19.1. The second-order valence-corrected chi connectivity index (χ2v) is 9.86. The molecule has 3 heterocycles. The molecule has 2 aromatic heterocycles. The van der Waals surface area contributed by atoms with E-state index < -0.39 is 12.5 Å². The number of para-hydroxylation sites is 1. The van der Waals surface area contributed by atoms with Gasteiger partial charge in [-0.15, -0.1) is 11.3 Å². The van der Waals surface area contributed by atoms with Gasteiger partial charge in [0.15, 0.2) is 5.13 Å². The molecule has 2 aliphatic rings. The summed E-state index contributed by atoms with van der Waals surface area (Å²) in [4.78, 5) is 19.5. The number of carbonyl (C=O) groups is 1. The molecule has 1 saturated heterocycles. The fraction of sp³-hybridized carbons (Fsp3) is 0.450. The molecule has 9 nitrogen and oxygen atoms in total. The largest absolute Gasteiger partial charge is 0.373 e. The van der Waals surface area contributed by atoms with Crippen molar-refractivity contribution >= 4 is 49.2 Å². The van der Waals surface area contributed by atoms with Gasteiger partial charge in [-0.3, -0.25) is 9.48 Å². The van der Waals surface area contributed by atoms with Crippen LogP contribution in [0.2, 0.25) is 0 Å². The van der Waals surface area contributed by atoms with Crippen molar-refractivity contribution in [3.05, 3.63) is 39.9 Å². The number of hydrogen-bond acceptors (Lipinski definition) is 8. The summed E-state index contributed by atoms with van der Waals surface area (Å²) in [5, 5.41) is 31.3. The van der Waals surface area contributed by atoms with E-state index in [9.17, 15) is 15.0 Å². The Morgan fingerprint density at radius 1 is 1.42 bits per heavy atom. The molecule has 3 aromatic rings. The highest BCUT2D eigenvalue weighted by Gasteiger charge is 2.61. The number of amides is 1. The number of benzene rings is 1. The Bertz CT molecular complexity index is 1130. The number of fused-ring (bicyclic) bond motifs is 2. The first kappa shape index (κ1) is 20.8. The number of nitrogens with one attached hydrogen (secondary N) is 1. The molecule has 1 aliphatic heterocycles. The van der Waals surface area contributed by atoms with Gasteiger partial charge in [-0.25, -0.2) is 4.98 Å². The Labute approximate surface area is 191 Å². The van der Waals surface area contributed by atoms with Gasteiger partial charge in [-0.05, 0) is 40.3 Å². The number of nitrogens with two attached hydrogens (primary N) is 1. The predicted octanol–water partition coefficient (Wildman–Crippen LogP) is 1.87. The molecule has 31 heavy (non-hydrogen) atoms. The summed E-state index contributed by atoms with van der Waals surface area (Å²) < 4.78 is 2.28. The number of aliphatic hydroxyl groups is 2. The standard InChI is InChI=1S/C20H23BrN6O3S/c1-9-11-6-13(19(30)24-20-23-14(21)8-31-20)27(17(9)11)15(28)7-26-12-5-3-2-4-10(12)16(25-26)18(22)29/h2-5,8-9,11,13,17-19,29-30H,6-7,22H2,1H3,(H,23,24)/t9-,11+,13+,17-,18?,19?/m1/s1. The number of anilines is 1. The SMILES string of the molecule is C[C@@H]1[C@@H]2C[C@@H](C(O)Nc3nc(Br)cs3)N(C(=O)Cn3nc(C(N)O)c4ccccc43)[C@H]12. The number of nitrogens with zero attached hydrogens (tertiary/aromatic N) is 4. The van der Waals surface area contributed by atoms with Crippen molar-refractivity contribution < 1.29 is 15.0 Å². The maximum absolute atomic E-state index is 13.4. The topological polar surface area (TPSA) is 130 Å². The van der Waals surface area contributed by atoms with Gasteiger partial charge in [-0.1, -0.05) is 25.1 Å². The minimum Gasteiger partial charge on any atom is -0.373 e. The Morgan fingerprint density at radius 2 is 2.19 bits per heavy atom. The first-order chi connectivity index (χ1) is 14.8. The fourth-order valence-corrected chi connectivity index (χ4v) is 6.00. The van der Waals surface area contributed by atoms with E-state index >= 15 is 0 Å². The molecule has 5 rings (SSSR count). The third-order valence-electron chi connectivity index (χ3n) is 6.36. The second-order valence-electron chi connectivity index (χ2n) is 8.19. The molecule has 1 saturated carbocycles. The molecular formula is C20H23BrN6O3S. The average Bonchev–Trinajstić information content (AvgIpc) is 3.15. The van der Waals surface area contributed by atoms with Crippen LogP contribution in [0.3, 0.4) is 0 Å². The highest BCUT2D eigenvalue weighted by Crippen LogP contribution is 2.53. The van der Waals surface area contributed by atoms with Crippen molar-refractivity contribution in [2.45, 2.75) is 44.4 Å². The molecule has 1 amide bonds. The van der Waals surface area contributed by atoms with Gasteiger partial charge in [0.2, 0.25) is 5.91 Å². The van der Waals surface area contributed by atoms with Crippen LogP contribution in [0.5, 0.6) is 0 Å². The molecule has 1 aliphatic carbocycles. The lowest BCUT2D eigenvalue weighted by atomic mass is 10.1. The molecule has 0 spiro atoms. The Kier molecular flexibility index (Phi) is 5.25. The molecule has 5 N–H and O–H groups in total. The van der Waals surface area contributed by atoms with Crippen LogP contribution in [0.1, 0.15) is 25.3 Å². The summed E-state index contributed by atoms with van der Waals surface area (Å²) in [6, 6.07) is 7.15. The van der Waals surface area contributed by atoms with Crippen molar-refractivity contribution in [1.82, 2.24) is 19.7 Å². The fourth-order valence-electron chi connectivity index (χ4n) is 4.83. The number of halogens is 1. The van der Waals surface area contributed by atoms with Crippen LogP contribution >= 0.6 is 27.3 Å². The van der Waals surface area contributed by atoms with Crippen LogP contribution < -0.4 is 11.1 Å². The molecule has 2 unspecified atom stereocenters. The zero-order valence-electron chi connectivity index (χ0n) is 16.7. The first-order valence-corrected chi connectivity index (χ1v) is 11.8. The van der Waals surface area contributed by atoms with Crippen molar-refractivity contribution in [2.24, 2.45) is 17.6 Å². The summed E-state index contributed by atoms with van der Waals surface area (Å²) in [7, 11) is 0. The first-order valence-electron chi connectivity index (χ1n) is 10.1. The van der Waals surface area contributed by atoms with Crippen LogP contribution in [0.4, 0.5) is 5.13 Å². The van der Waals surface area contributed by atoms with Crippen LogP contribution in [0.25, 0.3) is 10.9 Å². The van der Waals surface area contributed by atoms with Crippen molar-refractivity contribution in [3.63, 3.8) is 0 Å². The van der Waals surface area contributed by atoms with E-state index in [1.54, 1.807) is 4.68 Å². The van der Waals surface area contributed by atoms with E-state index in [1.165, 1.54) is 11.3 Å². The molecule has 2 fully saturated rings. The smallest absolute Gasteiger partial charge is 0.245 e. The summed E-state index contributed by atoms with van der Waals surface area (Å²) in [6.45, 7) is 2.14. The number of hydrogen-bond donors (Lipinski definition) is 4. The molecule has 1 aromatic carbocycles. The molecule has 0 bridgehead atoms. The van der Waals surface area contributed by atoms with Crippen LogP contribution in [-0.4, -0.2) is 54.1 Å². The molecule has 0 radical (unpaired) electrons. The third-order valence-corrected chi connectivity index (χ3v) is 7.84. The predicted molar refractivity (Wildman–Crippen MR) is 120 cm³/mol. The minimum atomic E-state index is -1.22.